The summed E-state index contributed by atoms with van der Waals surface area (Å²) in [4.78, 5) is 14.0. The summed E-state index contributed by atoms with van der Waals surface area (Å²) in [6.45, 7) is 11.9. The zero-order valence-corrected chi connectivity index (χ0v) is 12.3. The smallest absolute Gasteiger partial charge is 0.259 e. The highest BCUT2D eigenvalue weighted by Gasteiger charge is 2.18. The zero-order chi connectivity index (χ0) is 13.0. The minimum Gasteiger partial charge on any atom is -0.309 e. The maximum absolute atomic E-state index is 12.4. The molecular formula is C14H16INO. The van der Waals surface area contributed by atoms with Gasteiger partial charge in [0.1, 0.15) is 0 Å². The predicted molar refractivity (Wildman–Crippen MR) is 79.8 cm³/mol. The molecule has 0 N–H and O–H groups in total. The molecule has 0 atom stereocenters. The van der Waals surface area contributed by atoms with Crippen molar-refractivity contribution < 1.29 is 4.79 Å². The first kappa shape index (κ1) is 14.0. The van der Waals surface area contributed by atoms with E-state index < -0.39 is 0 Å². The molecule has 0 saturated carbocycles. The molecular weight excluding hydrogens is 325 g/mol. The lowest BCUT2D eigenvalue weighted by Gasteiger charge is -2.23. The van der Waals surface area contributed by atoms with Crippen molar-refractivity contribution in [2.45, 2.75) is 13.8 Å². The van der Waals surface area contributed by atoms with Crippen LogP contribution in [0.25, 0.3) is 0 Å². The van der Waals surface area contributed by atoms with E-state index in [0.29, 0.717) is 12.1 Å². The Morgan fingerprint density at radius 2 is 1.88 bits per heavy atom. The quantitative estimate of drug-likeness (QED) is 0.602. The lowest BCUT2D eigenvalue weighted by atomic mass is 10.2. The highest BCUT2D eigenvalue weighted by atomic mass is 127. The SMILES string of the molecule is C=C(C)CN(C(=C)C)C(=O)c1ccccc1I. The summed E-state index contributed by atoms with van der Waals surface area (Å²) < 4.78 is 0.947. The Morgan fingerprint density at radius 1 is 1.29 bits per heavy atom. The van der Waals surface area contributed by atoms with Crippen molar-refractivity contribution in [1.29, 1.82) is 0 Å². The number of hydrogen-bond acceptors (Lipinski definition) is 1. The topological polar surface area (TPSA) is 20.3 Å². The summed E-state index contributed by atoms with van der Waals surface area (Å²) in [6.07, 6.45) is 0. The number of nitrogens with zero attached hydrogens (tertiary/aromatic N) is 1. The van der Waals surface area contributed by atoms with Crippen LogP contribution < -0.4 is 0 Å². The van der Waals surface area contributed by atoms with Crippen LogP contribution in [0.5, 0.6) is 0 Å². The summed E-state index contributed by atoms with van der Waals surface area (Å²) in [5.41, 5.74) is 2.38. The third-order valence-electron chi connectivity index (χ3n) is 2.24. The highest BCUT2D eigenvalue weighted by molar-refractivity contribution is 14.1. The summed E-state index contributed by atoms with van der Waals surface area (Å²) in [5, 5.41) is 0. The average molecular weight is 341 g/mol. The van der Waals surface area contributed by atoms with Crippen LogP contribution in [0, 0.1) is 3.57 Å². The molecule has 0 radical (unpaired) electrons. The molecule has 0 heterocycles. The van der Waals surface area contributed by atoms with Gasteiger partial charge in [-0.1, -0.05) is 30.9 Å². The third-order valence-corrected chi connectivity index (χ3v) is 3.18. The van der Waals surface area contributed by atoms with Gasteiger partial charge in [0.05, 0.1) is 5.56 Å². The van der Waals surface area contributed by atoms with Crippen molar-refractivity contribution in [3.05, 3.63) is 57.8 Å². The number of rotatable bonds is 4. The van der Waals surface area contributed by atoms with Crippen molar-refractivity contribution in [3.63, 3.8) is 0 Å². The molecule has 3 heteroatoms. The molecule has 0 aliphatic carbocycles. The molecule has 0 aromatic heterocycles. The summed E-state index contributed by atoms with van der Waals surface area (Å²) in [7, 11) is 0. The summed E-state index contributed by atoms with van der Waals surface area (Å²) in [5.74, 6) is -0.0227. The summed E-state index contributed by atoms with van der Waals surface area (Å²) in [6, 6.07) is 7.54. The molecule has 0 aliphatic rings. The van der Waals surface area contributed by atoms with Crippen LogP contribution in [0.2, 0.25) is 0 Å². The Labute approximate surface area is 116 Å². The molecule has 0 spiro atoms. The van der Waals surface area contributed by atoms with Gasteiger partial charge in [0.15, 0.2) is 0 Å². The van der Waals surface area contributed by atoms with Gasteiger partial charge in [-0.25, -0.2) is 0 Å². The molecule has 1 rings (SSSR count). The number of benzene rings is 1. The molecule has 1 aromatic rings. The van der Waals surface area contributed by atoms with E-state index in [2.05, 4.69) is 35.7 Å². The van der Waals surface area contributed by atoms with Crippen molar-refractivity contribution in [3.8, 4) is 0 Å². The molecule has 0 unspecified atom stereocenters. The van der Waals surface area contributed by atoms with Gasteiger partial charge in [0.2, 0.25) is 0 Å². The van der Waals surface area contributed by atoms with Crippen LogP contribution in [0.1, 0.15) is 24.2 Å². The van der Waals surface area contributed by atoms with E-state index in [1.54, 1.807) is 4.90 Å². The van der Waals surface area contributed by atoms with Gasteiger partial charge in [0, 0.05) is 15.8 Å². The monoisotopic (exact) mass is 341 g/mol. The van der Waals surface area contributed by atoms with E-state index in [-0.39, 0.29) is 5.91 Å². The Hall–Kier alpha value is -1.10. The number of carbonyl (C=O) groups is 1. The van der Waals surface area contributed by atoms with Crippen molar-refractivity contribution >= 4 is 28.5 Å². The lowest BCUT2D eigenvalue weighted by molar-refractivity contribution is 0.0817. The maximum atomic E-state index is 12.4. The lowest BCUT2D eigenvalue weighted by Crippen LogP contribution is -2.30. The zero-order valence-electron chi connectivity index (χ0n) is 10.2. The number of allylic oxidation sites excluding steroid dienone is 1. The van der Waals surface area contributed by atoms with Crippen molar-refractivity contribution in [2.24, 2.45) is 0 Å². The largest absolute Gasteiger partial charge is 0.309 e. The van der Waals surface area contributed by atoms with Gasteiger partial charge >= 0.3 is 0 Å². The fraction of sp³-hybridized carbons (Fsp3) is 0.214. The second kappa shape index (κ2) is 6.00. The second-order valence-corrected chi connectivity index (χ2v) is 5.23. The van der Waals surface area contributed by atoms with Crippen molar-refractivity contribution in [2.75, 3.05) is 6.54 Å². The van der Waals surface area contributed by atoms with Gasteiger partial charge in [-0.3, -0.25) is 4.79 Å². The van der Waals surface area contributed by atoms with Crippen LogP contribution in [-0.2, 0) is 0 Å². The highest BCUT2D eigenvalue weighted by Crippen LogP contribution is 2.17. The van der Waals surface area contributed by atoms with Crippen LogP contribution in [-0.4, -0.2) is 17.4 Å². The molecule has 1 aromatic carbocycles. The van der Waals surface area contributed by atoms with E-state index in [0.717, 1.165) is 14.8 Å². The van der Waals surface area contributed by atoms with Crippen LogP contribution in [0.3, 0.4) is 0 Å². The molecule has 1 amide bonds. The van der Waals surface area contributed by atoms with E-state index in [9.17, 15) is 4.79 Å². The van der Waals surface area contributed by atoms with Gasteiger partial charge in [-0.05, 0) is 48.6 Å². The maximum Gasteiger partial charge on any atom is 0.259 e. The van der Waals surface area contributed by atoms with E-state index in [1.807, 2.05) is 38.1 Å². The van der Waals surface area contributed by atoms with E-state index >= 15 is 0 Å². The molecule has 0 saturated heterocycles. The van der Waals surface area contributed by atoms with Crippen LogP contribution in [0.4, 0.5) is 0 Å². The molecule has 0 bridgehead atoms. The number of amides is 1. The van der Waals surface area contributed by atoms with Gasteiger partial charge in [0.25, 0.3) is 5.91 Å². The Kier molecular flexibility index (Phi) is 4.93. The molecule has 0 fully saturated rings. The first-order chi connectivity index (χ1) is 7.93. The van der Waals surface area contributed by atoms with Gasteiger partial charge < -0.3 is 4.90 Å². The fourth-order valence-corrected chi connectivity index (χ4v) is 2.05. The fourth-order valence-electron chi connectivity index (χ4n) is 1.43. The standard InChI is InChI=1S/C14H16INO/c1-10(2)9-16(11(3)4)14(17)12-7-5-6-8-13(12)15/h5-8H,1,3,9H2,2,4H3. The molecule has 0 aliphatic heterocycles. The average Bonchev–Trinajstić information content (AvgIpc) is 2.25. The number of halogens is 1. The first-order valence-corrected chi connectivity index (χ1v) is 6.37. The molecule has 17 heavy (non-hydrogen) atoms. The minimum atomic E-state index is -0.0227. The van der Waals surface area contributed by atoms with E-state index in [1.165, 1.54) is 0 Å². The Bertz CT molecular complexity index is 465. The number of hydrogen-bond donors (Lipinski definition) is 0. The van der Waals surface area contributed by atoms with E-state index in [4.69, 9.17) is 0 Å². The predicted octanol–water partition coefficient (Wildman–Crippen LogP) is 3.84. The van der Waals surface area contributed by atoms with Gasteiger partial charge in [-0.15, -0.1) is 0 Å². The minimum absolute atomic E-state index is 0.0227. The van der Waals surface area contributed by atoms with Crippen LogP contribution in [0.15, 0.2) is 48.7 Å². The normalized spacial score (nSPS) is 9.82. The number of carbonyl (C=O) groups excluding carboxylic acids is 1. The Balaban J connectivity index is 3.04. The van der Waals surface area contributed by atoms with Crippen molar-refractivity contribution in [1.82, 2.24) is 4.90 Å². The molecule has 2 nitrogen and oxygen atoms in total. The third kappa shape index (κ3) is 3.70. The van der Waals surface area contributed by atoms with Gasteiger partial charge in [-0.2, -0.15) is 0 Å². The van der Waals surface area contributed by atoms with Crippen LogP contribution >= 0.6 is 22.6 Å². The summed E-state index contributed by atoms with van der Waals surface area (Å²) >= 11 is 2.17. The second-order valence-electron chi connectivity index (χ2n) is 4.06. The molecule has 90 valence electrons. The first-order valence-electron chi connectivity index (χ1n) is 5.29. The Morgan fingerprint density at radius 3 is 2.35 bits per heavy atom.